The monoisotopic (exact) mass is 484 g/mol. The van der Waals surface area contributed by atoms with Crippen LogP contribution in [0.15, 0.2) is 109 Å². The van der Waals surface area contributed by atoms with E-state index in [1.165, 1.54) is 35.1 Å². The Morgan fingerprint density at radius 2 is 1.23 bits per heavy atom. The lowest BCUT2D eigenvalue weighted by Crippen LogP contribution is -2.10. The van der Waals surface area contributed by atoms with Gasteiger partial charge in [-0.15, -0.1) is 0 Å². The van der Waals surface area contributed by atoms with Crippen molar-refractivity contribution >= 4 is 17.4 Å². The fourth-order valence-corrected chi connectivity index (χ4v) is 3.48. The summed E-state index contributed by atoms with van der Waals surface area (Å²) in [5.41, 5.74) is 11.4. The summed E-state index contributed by atoms with van der Waals surface area (Å²) >= 11 is 5.61. The van der Waals surface area contributed by atoms with E-state index in [2.05, 4.69) is 99.6 Å². The van der Waals surface area contributed by atoms with Gasteiger partial charge in [-0.05, 0) is 65.3 Å². The first-order valence-corrected chi connectivity index (χ1v) is 12.6. The van der Waals surface area contributed by atoms with E-state index in [1.807, 2.05) is 6.07 Å². The van der Waals surface area contributed by atoms with Crippen molar-refractivity contribution in [2.24, 2.45) is 11.7 Å². The molecule has 0 amide bonds. The Morgan fingerprint density at radius 3 is 1.69 bits per heavy atom. The number of rotatable bonds is 6. The molecule has 0 aliphatic heterocycles. The van der Waals surface area contributed by atoms with Gasteiger partial charge in [0, 0.05) is 10.6 Å². The maximum atomic E-state index is 7.04. The fourth-order valence-electron chi connectivity index (χ4n) is 3.35. The Hall–Kier alpha value is -3.36. The number of aryl methyl sites for hydroxylation is 1. The zero-order valence-electron chi connectivity index (χ0n) is 21.0. The van der Waals surface area contributed by atoms with Crippen LogP contribution in [0.5, 0.6) is 0 Å². The molecule has 3 N–H and O–H groups in total. The first kappa shape index (κ1) is 27.9. The van der Waals surface area contributed by atoms with Crippen LogP contribution in [0.1, 0.15) is 43.9 Å². The molecule has 4 aromatic rings. The van der Waals surface area contributed by atoms with E-state index < -0.39 is 0 Å². The lowest BCUT2D eigenvalue weighted by atomic mass is 9.97. The first-order valence-electron chi connectivity index (χ1n) is 12.2. The molecular weight excluding hydrogens is 448 g/mol. The van der Waals surface area contributed by atoms with E-state index in [9.17, 15) is 0 Å². The lowest BCUT2D eigenvalue weighted by Gasteiger charge is -2.09. The number of amidine groups is 1. The van der Waals surface area contributed by atoms with Gasteiger partial charge in [-0.3, -0.25) is 5.41 Å². The summed E-state index contributed by atoms with van der Waals surface area (Å²) < 4.78 is 0. The number of hydrogen-bond acceptors (Lipinski definition) is 1. The van der Waals surface area contributed by atoms with Crippen LogP contribution in [0.3, 0.4) is 0 Å². The summed E-state index contributed by atoms with van der Waals surface area (Å²) in [6.45, 7) is 6.73. The molecule has 3 heteroatoms. The highest BCUT2D eigenvalue weighted by Gasteiger charge is 2.02. The third-order valence-electron chi connectivity index (χ3n) is 5.75. The SMILES string of the molecule is CC[C@@H](C)Cc1ccc(-c2ccccc2)cc1.CCc1ccccc1.N=C(N)c1ccc(Cl)cc1. The third-order valence-corrected chi connectivity index (χ3v) is 6.00. The molecule has 4 rings (SSSR count). The second-order valence-electron chi connectivity index (χ2n) is 8.54. The summed E-state index contributed by atoms with van der Waals surface area (Å²) in [6, 6.07) is 36.8. The van der Waals surface area contributed by atoms with Gasteiger partial charge in [0.25, 0.3) is 0 Å². The molecule has 0 aliphatic rings. The van der Waals surface area contributed by atoms with Crippen LogP contribution in [0.25, 0.3) is 11.1 Å². The van der Waals surface area contributed by atoms with Crippen LogP contribution in [-0.2, 0) is 12.8 Å². The van der Waals surface area contributed by atoms with Crippen molar-refractivity contribution < 1.29 is 0 Å². The molecule has 0 aromatic heterocycles. The standard InChI is InChI=1S/C17H20.C8H10.C7H7ClN2/c1-3-14(2)13-15-9-11-17(12-10-15)16-7-5-4-6-8-16;1-2-8-6-4-3-5-7-8;8-6-3-1-5(2-4-6)7(9)10/h4-12,14H,3,13H2,1-2H3;3-7H,2H2,1H3;1-4H,(H3,9,10)/t14-;;/m1../s1. The minimum atomic E-state index is 0.0664. The zero-order valence-corrected chi connectivity index (χ0v) is 21.8. The van der Waals surface area contributed by atoms with Gasteiger partial charge in [-0.25, -0.2) is 0 Å². The number of nitrogen functional groups attached to an aromatic ring is 1. The van der Waals surface area contributed by atoms with E-state index in [-0.39, 0.29) is 5.84 Å². The summed E-state index contributed by atoms with van der Waals surface area (Å²) in [6.07, 6.45) is 3.58. The fraction of sp³-hybridized carbons (Fsp3) is 0.219. The number of benzene rings is 4. The highest BCUT2D eigenvalue weighted by atomic mass is 35.5. The third kappa shape index (κ3) is 10.6. The number of hydrogen-bond donors (Lipinski definition) is 2. The largest absolute Gasteiger partial charge is 0.384 e. The molecular formula is C32H37ClN2. The predicted octanol–water partition coefficient (Wildman–Crippen LogP) is 8.82. The molecule has 0 spiro atoms. The van der Waals surface area contributed by atoms with E-state index in [0.717, 1.165) is 12.3 Å². The molecule has 0 heterocycles. The van der Waals surface area contributed by atoms with Crippen LogP contribution in [0, 0.1) is 11.3 Å². The smallest absolute Gasteiger partial charge is 0.122 e. The summed E-state index contributed by atoms with van der Waals surface area (Å²) in [7, 11) is 0. The summed E-state index contributed by atoms with van der Waals surface area (Å²) in [5.74, 6) is 0.842. The molecule has 0 aliphatic carbocycles. The minimum absolute atomic E-state index is 0.0664. The van der Waals surface area contributed by atoms with E-state index in [1.54, 1.807) is 24.3 Å². The first-order chi connectivity index (χ1) is 16.9. The number of nitrogens with one attached hydrogen (secondary N) is 1. The van der Waals surface area contributed by atoms with Crippen molar-refractivity contribution in [1.29, 1.82) is 5.41 Å². The predicted molar refractivity (Wildman–Crippen MR) is 153 cm³/mol. The molecule has 0 radical (unpaired) electrons. The molecule has 1 atom stereocenters. The van der Waals surface area contributed by atoms with E-state index in [4.69, 9.17) is 22.7 Å². The molecule has 4 aromatic carbocycles. The number of halogens is 1. The van der Waals surface area contributed by atoms with Crippen molar-refractivity contribution in [1.82, 2.24) is 0 Å². The Labute approximate surface area is 216 Å². The Balaban J connectivity index is 0.000000204. The Bertz CT molecular complexity index is 1110. The Kier molecular flexibility index (Phi) is 12.4. The van der Waals surface area contributed by atoms with Gasteiger partial charge in [0.1, 0.15) is 5.84 Å². The van der Waals surface area contributed by atoms with Crippen molar-refractivity contribution in [3.63, 3.8) is 0 Å². The van der Waals surface area contributed by atoms with Gasteiger partial charge in [-0.2, -0.15) is 0 Å². The minimum Gasteiger partial charge on any atom is -0.384 e. The molecule has 0 unspecified atom stereocenters. The highest BCUT2D eigenvalue weighted by molar-refractivity contribution is 6.30. The molecule has 2 nitrogen and oxygen atoms in total. The summed E-state index contributed by atoms with van der Waals surface area (Å²) in [4.78, 5) is 0. The van der Waals surface area contributed by atoms with Crippen LogP contribution in [-0.4, -0.2) is 5.84 Å². The van der Waals surface area contributed by atoms with Crippen molar-refractivity contribution in [3.05, 3.63) is 131 Å². The van der Waals surface area contributed by atoms with Gasteiger partial charge < -0.3 is 5.73 Å². The molecule has 0 saturated heterocycles. The molecule has 182 valence electrons. The van der Waals surface area contributed by atoms with E-state index in [0.29, 0.717) is 10.6 Å². The average molecular weight is 485 g/mol. The van der Waals surface area contributed by atoms with Crippen LogP contribution < -0.4 is 5.73 Å². The second-order valence-corrected chi connectivity index (χ2v) is 8.98. The quantitative estimate of drug-likeness (QED) is 0.208. The van der Waals surface area contributed by atoms with Crippen LogP contribution >= 0.6 is 11.6 Å². The molecule has 0 bridgehead atoms. The maximum absolute atomic E-state index is 7.04. The van der Waals surface area contributed by atoms with Gasteiger partial charge in [-0.1, -0.05) is 124 Å². The van der Waals surface area contributed by atoms with E-state index >= 15 is 0 Å². The average Bonchev–Trinajstić information content (AvgIpc) is 2.91. The van der Waals surface area contributed by atoms with Crippen molar-refractivity contribution in [2.45, 2.75) is 40.0 Å². The maximum Gasteiger partial charge on any atom is 0.122 e. The Morgan fingerprint density at radius 1 is 0.714 bits per heavy atom. The van der Waals surface area contributed by atoms with Crippen molar-refractivity contribution in [3.8, 4) is 11.1 Å². The van der Waals surface area contributed by atoms with Gasteiger partial charge >= 0.3 is 0 Å². The van der Waals surface area contributed by atoms with Gasteiger partial charge in [0.2, 0.25) is 0 Å². The van der Waals surface area contributed by atoms with Crippen LogP contribution in [0.2, 0.25) is 5.02 Å². The second kappa shape index (κ2) is 15.5. The molecule has 0 saturated carbocycles. The lowest BCUT2D eigenvalue weighted by molar-refractivity contribution is 0.560. The van der Waals surface area contributed by atoms with Crippen molar-refractivity contribution in [2.75, 3.05) is 0 Å². The van der Waals surface area contributed by atoms with Gasteiger partial charge in [0.05, 0.1) is 0 Å². The van der Waals surface area contributed by atoms with Gasteiger partial charge in [0.15, 0.2) is 0 Å². The molecule has 0 fully saturated rings. The zero-order chi connectivity index (χ0) is 25.5. The topological polar surface area (TPSA) is 49.9 Å². The number of nitrogens with two attached hydrogens (primary N) is 1. The van der Waals surface area contributed by atoms with Crippen LogP contribution in [0.4, 0.5) is 0 Å². The summed E-state index contributed by atoms with van der Waals surface area (Å²) in [5, 5.41) is 7.70. The highest BCUT2D eigenvalue weighted by Crippen LogP contribution is 2.20. The normalized spacial score (nSPS) is 10.7. The molecule has 35 heavy (non-hydrogen) atoms.